The summed E-state index contributed by atoms with van der Waals surface area (Å²) in [5.41, 5.74) is 0.231. The summed E-state index contributed by atoms with van der Waals surface area (Å²) in [5.74, 6) is 0.147. The van der Waals surface area contributed by atoms with Crippen LogP contribution in [0.25, 0.3) is 0 Å². The molecular formula is C11H16N4O3. The summed E-state index contributed by atoms with van der Waals surface area (Å²) in [5, 5.41) is 6.08. The highest BCUT2D eigenvalue weighted by molar-refractivity contribution is 5.98. The summed E-state index contributed by atoms with van der Waals surface area (Å²) in [6, 6.07) is 0.118. The van der Waals surface area contributed by atoms with Gasteiger partial charge in [-0.15, -0.1) is 0 Å². The number of hydrogen-bond acceptors (Lipinski definition) is 6. The molecule has 1 atom stereocenters. The molecule has 2 N–H and O–H groups in total. The first kappa shape index (κ1) is 12.6. The molecule has 0 aliphatic carbocycles. The maximum Gasteiger partial charge on any atom is 0.262 e. The molecule has 1 fully saturated rings. The number of nitrogens with one attached hydrogen (secondary N) is 2. The molecule has 1 aromatic rings. The fourth-order valence-electron chi connectivity index (χ4n) is 1.89. The first-order valence-electron chi connectivity index (χ1n) is 5.70. The molecule has 1 amide bonds. The molecule has 7 nitrogen and oxygen atoms in total. The third-order valence-corrected chi connectivity index (χ3v) is 2.79. The topological polar surface area (TPSA) is 85.4 Å². The molecular weight excluding hydrogens is 236 g/mol. The van der Waals surface area contributed by atoms with Crippen molar-refractivity contribution in [2.45, 2.75) is 12.5 Å². The molecule has 1 aromatic heterocycles. The molecule has 18 heavy (non-hydrogen) atoms. The van der Waals surface area contributed by atoms with Crippen LogP contribution >= 0.6 is 0 Å². The zero-order valence-corrected chi connectivity index (χ0v) is 10.4. The monoisotopic (exact) mass is 252 g/mol. The van der Waals surface area contributed by atoms with Gasteiger partial charge in [-0.3, -0.25) is 4.79 Å². The molecule has 0 bridgehead atoms. The molecule has 0 aromatic carbocycles. The smallest absolute Gasteiger partial charge is 0.262 e. The number of hydrogen-bond donors (Lipinski definition) is 2. The third kappa shape index (κ3) is 2.51. The van der Waals surface area contributed by atoms with E-state index in [1.807, 2.05) is 0 Å². The van der Waals surface area contributed by atoms with Gasteiger partial charge < -0.3 is 20.1 Å². The molecule has 0 radical (unpaired) electrons. The van der Waals surface area contributed by atoms with E-state index in [4.69, 9.17) is 9.47 Å². The quantitative estimate of drug-likeness (QED) is 0.757. The van der Waals surface area contributed by atoms with Gasteiger partial charge in [0.15, 0.2) is 5.56 Å². The number of ether oxygens (including phenoxy) is 2. The number of carbonyl (C=O) groups is 1. The standard InChI is InChI=1S/C11H16N4O3/c1-17-10-8(11(18-2)14-6-13-10)9(16)15-7-3-4-12-5-7/h6-7,12H,3-5H2,1-2H3,(H,15,16). The Morgan fingerprint density at radius 3 is 2.56 bits per heavy atom. The van der Waals surface area contributed by atoms with Crippen molar-refractivity contribution in [3.63, 3.8) is 0 Å². The minimum Gasteiger partial charge on any atom is -0.480 e. The second-order valence-corrected chi connectivity index (χ2v) is 3.93. The molecule has 0 saturated carbocycles. The van der Waals surface area contributed by atoms with E-state index in [1.54, 1.807) is 0 Å². The van der Waals surface area contributed by atoms with E-state index in [9.17, 15) is 4.79 Å². The summed E-state index contributed by atoms with van der Waals surface area (Å²) in [4.78, 5) is 20.0. The molecule has 1 saturated heterocycles. The van der Waals surface area contributed by atoms with Crippen molar-refractivity contribution < 1.29 is 14.3 Å². The Labute approximate surface area is 105 Å². The van der Waals surface area contributed by atoms with E-state index in [-0.39, 0.29) is 29.3 Å². The highest BCUT2D eigenvalue weighted by atomic mass is 16.5. The highest BCUT2D eigenvalue weighted by Gasteiger charge is 2.24. The number of rotatable bonds is 4. The van der Waals surface area contributed by atoms with E-state index in [1.165, 1.54) is 20.5 Å². The fraction of sp³-hybridized carbons (Fsp3) is 0.545. The van der Waals surface area contributed by atoms with E-state index < -0.39 is 0 Å². The maximum atomic E-state index is 12.2. The number of amides is 1. The Kier molecular flexibility index (Phi) is 3.93. The second kappa shape index (κ2) is 5.63. The molecule has 7 heteroatoms. The summed E-state index contributed by atoms with van der Waals surface area (Å²) >= 11 is 0. The fourth-order valence-corrected chi connectivity index (χ4v) is 1.89. The lowest BCUT2D eigenvalue weighted by atomic mass is 10.2. The Hall–Kier alpha value is -1.89. The van der Waals surface area contributed by atoms with Crippen molar-refractivity contribution in [2.24, 2.45) is 0 Å². The van der Waals surface area contributed by atoms with Gasteiger partial charge in [0, 0.05) is 12.6 Å². The predicted molar refractivity (Wildman–Crippen MR) is 63.9 cm³/mol. The Bertz CT molecular complexity index is 410. The first-order valence-corrected chi connectivity index (χ1v) is 5.70. The maximum absolute atomic E-state index is 12.2. The molecule has 1 aliphatic rings. The average Bonchev–Trinajstić information content (AvgIpc) is 2.90. The molecule has 2 heterocycles. The first-order chi connectivity index (χ1) is 8.76. The molecule has 1 aliphatic heterocycles. The lowest BCUT2D eigenvalue weighted by Gasteiger charge is -2.14. The van der Waals surface area contributed by atoms with Crippen molar-refractivity contribution in [1.82, 2.24) is 20.6 Å². The van der Waals surface area contributed by atoms with Crippen molar-refractivity contribution in [1.29, 1.82) is 0 Å². The molecule has 98 valence electrons. The van der Waals surface area contributed by atoms with Crippen LogP contribution in [0.4, 0.5) is 0 Å². The van der Waals surface area contributed by atoms with Crippen molar-refractivity contribution >= 4 is 5.91 Å². The second-order valence-electron chi connectivity index (χ2n) is 3.93. The van der Waals surface area contributed by atoms with Gasteiger partial charge in [-0.25, -0.2) is 9.97 Å². The van der Waals surface area contributed by atoms with Gasteiger partial charge in [0.05, 0.1) is 14.2 Å². The van der Waals surface area contributed by atoms with E-state index in [2.05, 4.69) is 20.6 Å². The van der Waals surface area contributed by atoms with Crippen molar-refractivity contribution in [3.05, 3.63) is 11.9 Å². The Morgan fingerprint density at radius 2 is 2.06 bits per heavy atom. The summed E-state index contributed by atoms with van der Waals surface area (Å²) in [7, 11) is 2.91. The number of nitrogens with zero attached hydrogens (tertiary/aromatic N) is 2. The SMILES string of the molecule is COc1ncnc(OC)c1C(=O)NC1CCNC1. The number of methoxy groups -OCH3 is 2. The van der Waals surface area contributed by atoms with E-state index in [0.29, 0.717) is 0 Å². The van der Waals surface area contributed by atoms with Crippen molar-refractivity contribution in [3.8, 4) is 11.8 Å². The minimum absolute atomic E-state index is 0.118. The van der Waals surface area contributed by atoms with Crippen LogP contribution in [-0.2, 0) is 0 Å². The molecule has 2 rings (SSSR count). The Balaban J connectivity index is 2.21. The van der Waals surface area contributed by atoms with Crippen LogP contribution in [-0.4, -0.2) is 49.2 Å². The minimum atomic E-state index is -0.280. The van der Waals surface area contributed by atoms with Gasteiger partial charge in [-0.1, -0.05) is 0 Å². The van der Waals surface area contributed by atoms with Gasteiger partial charge in [0.1, 0.15) is 6.33 Å². The van der Waals surface area contributed by atoms with E-state index >= 15 is 0 Å². The average molecular weight is 252 g/mol. The summed E-state index contributed by atoms with van der Waals surface area (Å²) < 4.78 is 10.1. The number of aromatic nitrogens is 2. The summed E-state index contributed by atoms with van der Waals surface area (Å²) in [6.45, 7) is 1.68. The van der Waals surface area contributed by atoms with Crippen LogP contribution in [0.2, 0.25) is 0 Å². The highest BCUT2D eigenvalue weighted by Crippen LogP contribution is 2.23. The van der Waals surface area contributed by atoms with Crippen LogP contribution in [0.1, 0.15) is 16.8 Å². The van der Waals surface area contributed by atoms with Gasteiger partial charge in [-0.2, -0.15) is 0 Å². The molecule has 0 spiro atoms. The van der Waals surface area contributed by atoms with Crippen LogP contribution < -0.4 is 20.1 Å². The zero-order chi connectivity index (χ0) is 13.0. The van der Waals surface area contributed by atoms with Crippen LogP contribution in [0.5, 0.6) is 11.8 Å². The van der Waals surface area contributed by atoms with E-state index in [0.717, 1.165) is 19.5 Å². The third-order valence-electron chi connectivity index (χ3n) is 2.79. The van der Waals surface area contributed by atoms with Crippen molar-refractivity contribution in [2.75, 3.05) is 27.3 Å². The summed E-state index contributed by atoms with van der Waals surface area (Å²) in [6.07, 6.45) is 2.20. The normalized spacial score (nSPS) is 18.4. The van der Waals surface area contributed by atoms with Gasteiger partial charge >= 0.3 is 0 Å². The number of carbonyl (C=O) groups excluding carboxylic acids is 1. The lowest BCUT2D eigenvalue weighted by molar-refractivity contribution is 0.0932. The molecule has 1 unspecified atom stereocenters. The van der Waals surface area contributed by atoms with Crippen LogP contribution in [0.15, 0.2) is 6.33 Å². The Morgan fingerprint density at radius 1 is 1.39 bits per heavy atom. The van der Waals surface area contributed by atoms with Gasteiger partial charge in [0.25, 0.3) is 5.91 Å². The zero-order valence-electron chi connectivity index (χ0n) is 10.4. The van der Waals surface area contributed by atoms with Crippen LogP contribution in [0, 0.1) is 0 Å². The predicted octanol–water partition coefficient (Wildman–Crippen LogP) is -0.414. The lowest BCUT2D eigenvalue weighted by Crippen LogP contribution is -2.36. The van der Waals surface area contributed by atoms with Crippen LogP contribution in [0.3, 0.4) is 0 Å². The largest absolute Gasteiger partial charge is 0.480 e. The van der Waals surface area contributed by atoms with Gasteiger partial charge in [-0.05, 0) is 13.0 Å². The van der Waals surface area contributed by atoms with Gasteiger partial charge in [0.2, 0.25) is 11.8 Å².